The van der Waals surface area contributed by atoms with Gasteiger partial charge in [-0.1, -0.05) is 6.07 Å². The summed E-state index contributed by atoms with van der Waals surface area (Å²) in [5.74, 6) is 0.483. The van der Waals surface area contributed by atoms with Crippen LogP contribution in [0.25, 0.3) is 10.8 Å². The average molecular weight is 298 g/mol. The van der Waals surface area contributed by atoms with Gasteiger partial charge in [-0.3, -0.25) is 9.59 Å². The van der Waals surface area contributed by atoms with E-state index >= 15 is 0 Å². The third-order valence-corrected chi connectivity index (χ3v) is 1.92. The molecular formula is C12H6CrO6. The summed E-state index contributed by atoms with van der Waals surface area (Å²) in [5.41, 5.74) is -0.855. The first-order valence-electron chi connectivity index (χ1n) is 4.13. The SMILES string of the molecule is COc1cccc2c(=O)c(=O)c12.[C-]#[O+].[C-]#[O+].[C-]#[O+].[Cr]. The van der Waals surface area contributed by atoms with Gasteiger partial charge in [0.25, 0.3) is 0 Å². The molecule has 0 amide bonds. The molecule has 0 aliphatic rings. The van der Waals surface area contributed by atoms with Crippen LogP contribution in [0.1, 0.15) is 0 Å². The molecule has 96 valence electrons. The molecule has 0 aliphatic carbocycles. The molecular weight excluding hydrogens is 292 g/mol. The maximum Gasteiger partial charge on any atom is 0 e. The first kappa shape index (κ1) is 22.3. The molecule has 2 aromatic rings. The van der Waals surface area contributed by atoms with E-state index in [0.717, 1.165) is 0 Å². The number of fused-ring (bicyclic) bond motifs is 1. The van der Waals surface area contributed by atoms with Crippen molar-refractivity contribution in [2.75, 3.05) is 7.11 Å². The van der Waals surface area contributed by atoms with Gasteiger partial charge in [0.1, 0.15) is 5.75 Å². The Bertz CT molecular complexity index is 616. The van der Waals surface area contributed by atoms with E-state index < -0.39 is 10.9 Å². The molecule has 0 saturated heterocycles. The van der Waals surface area contributed by atoms with Crippen LogP contribution in [-0.2, 0) is 31.3 Å². The van der Waals surface area contributed by atoms with Crippen LogP contribution in [0.3, 0.4) is 0 Å². The second-order valence-electron chi connectivity index (χ2n) is 2.54. The fourth-order valence-electron chi connectivity index (χ4n) is 1.30. The molecule has 0 saturated carbocycles. The van der Waals surface area contributed by atoms with E-state index in [0.29, 0.717) is 16.5 Å². The normalized spacial score (nSPS) is 7.11. The quantitative estimate of drug-likeness (QED) is 0.430. The van der Waals surface area contributed by atoms with Gasteiger partial charge in [0.2, 0.25) is 10.9 Å². The van der Waals surface area contributed by atoms with Crippen molar-refractivity contribution in [1.29, 1.82) is 0 Å². The van der Waals surface area contributed by atoms with E-state index in [-0.39, 0.29) is 17.4 Å². The molecule has 0 atom stereocenters. The number of benzene rings is 1. The van der Waals surface area contributed by atoms with Crippen LogP contribution in [0.2, 0.25) is 0 Å². The van der Waals surface area contributed by atoms with Crippen molar-refractivity contribution >= 4 is 10.8 Å². The predicted molar refractivity (Wildman–Crippen MR) is 57.2 cm³/mol. The average Bonchev–Trinajstić information content (AvgIpc) is 2.51. The third-order valence-electron chi connectivity index (χ3n) is 1.92. The monoisotopic (exact) mass is 298 g/mol. The topological polar surface area (TPSA) is 103 Å². The molecule has 0 unspecified atom stereocenters. The van der Waals surface area contributed by atoms with Crippen molar-refractivity contribution in [3.05, 3.63) is 58.6 Å². The molecule has 0 aromatic heterocycles. The summed E-state index contributed by atoms with van der Waals surface area (Å²) in [5, 5.41) is 0.893. The largest absolute Gasteiger partial charge is 0 e. The molecule has 0 bridgehead atoms. The summed E-state index contributed by atoms with van der Waals surface area (Å²) in [6, 6.07) is 4.99. The minimum absolute atomic E-state index is 0. The zero-order valence-electron chi connectivity index (χ0n) is 9.59. The molecule has 6 nitrogen and oxygen atoms in total. The fourth-order valence-corrected chi connectivity index (χ4v) is 1.30. The molecule has 2 aromatic carbocycles. The Morgan fingerprint density at radius 1 is 0.947 bits per heavy atom. The molecule has 19 heavy (non-hydrogen) atoms. The van der Waals surface area contributed by atoms with Crippen LogP contribution in [0.4, 0.5) is 0 Å². The maximum atomic E-state index is 11.0. The molecule has 0 aliphatic heterocycles. The van der Waals surface area contributed by atoms with Crippen molar-refractivity contribution < 1.29 is 36.1 Å². The molecule has 0 N–H and O–H groups in total. The van der Waals surface area contributed by atoms with Crippen LogP contribution >= 0.6 is 0 Å². The molecule has 0 fully saturated rings. The standard InChI is InChI=1S/C9H6O3.3CO.Cr/c1-12-6-4-2-3-5-7(6)9(11)8(5)10;3*1-2;/h2-4H,1H3;;;;. The van der Waals surface area contributed by atoms with Gasteiger partial charge >= 0.3 is 33.9 Å². The van der Waals surface area contributed by atoms with Gasteiger partial charge in [0, 0.05) is 22.7 Å². The molecule has 0 radical (unpaired) electrons. The van der Waals surface area contributed by atoms with Crippen molar-refractivity contribution in [2.24, 2.45) is 0 Å². The Balaban J connectivity index is -0.000000325. The molecule has 0 spiro atoms. The van der Waals surface area contributed by atoms with Gasteiger partial charge in [-0.05, 0) is 12.1 Å². The predicted octanol–water partition coefficient (Wildman–Crippen LogP) is 0.329. The zero-order valence-corrected chi connectivity index (χ0v) is 10.9. The van der Waals surface area contributed by atoms with E-state index in [1.807, 2.05) is 0 Å². The van der Waals surface area contributed by atoms with E-state index in [9.17, 15) is 9.59 Å². The Morgan fingerprint density at radius 2 is 1.42 bits per heavy atom. The van der Waals surface area contributed by atoms with E-state index in [4.69, 9.17) is 18.7 Å². The Kier molecular flexibility index (Phi) is 14.8. The van der Waals surface area contributed by atoms with Gasteiger partial charge in [-0.15, -0.1) is 0 Å². The summed E-state index contributed by atoms with van der Waals surface area (Å²) < 4.78 is 27.4. The Labute approximate surface area is 119 Å². The van der Waals surface area contributed by atoms with Gasteiger partial charge < -0.3 is 4.74 Å². The summed E-state index contributed by atoms with van der Waals surface area (Å²) in [6.45, 7) is 13.5. The van der Waals surface area contributed by atoms with Crippen LogP contribution in [0, 0.1) is 20.0 Å². The van der Waals surface area contributed by atoms with Crippen LogP contribution < -0.4 is 15.6 Å². The Morgan fingerprint density at radius 3 is 1.84 bits per heavy atom. The van der Waals surface area contributed by atoms with Crippen LogP contribution in [0.5, 0.6) is 5.75 Å². The van der Waals surface area contributed by atoms with E-state index in [1.54, 1.807) is 18.2 Å². The summed E-state index contributed by atoms with van der Waals surface area (Å²) in [6.07, 6.45) is 0. The zero-order chi connectivity index (χ0) is 14.7. The molecule has 7 heteroatoms. The van der Waals surface area contributed by atoms with Gasteiger partial charge in [-0.25, -0.2) is 0 Å². The minimum Gasteiger partial charge on any atom is 0 e. The van der Waals surface area contributed by atoms with Crippen molar-refractivity contribution in [2.45, 2.75) is 0 Å². The summed E-state index contributed by atoms with van der Waals surface area (Å²) in [4.78, 5) is 21.9. The smallest absolute Gasteiger partial charge is 0 e. The number of ether oxygens (including phenoxy) is 1. The Hall–Kier alpha value is -1.89. The van der Waals surface area contributed by atoms with E-state index in [2.05, 4.69) is 20.0 Å². The second-order valence-corrected chi connectivity index (χ2v) is 2.54. The molecule has 0 heterocycles. The fraction of sp³-hybridized carbons (Fsp3) is 0.0833. The van der Waals surface area contributed by atoms with Gasteiger partial charge in [-0.2, -0.15) is 0 Å². The van der Waals surface area contributed by atoms with Crippen molar-refractivity contribution in [3.8, 4) is 5.75 Å². The second kappa shape index (κ2) is 12.6. The number of methoxy groups -OCH3 is 1. The van der Waals surface area contributed by atoms with Crippen LogP contribution in [0.15, 0.2) is 27.8 Å². The van der Waals surface area contributed by atoms with Gasteiger partial charge in [0.15, 0.2) is 0 Å². The van der Waals surface area contributed by atoms with Crippen LogP contribution in [-0.4, -0.2) is 7.11 Å². The molecule has 2 rings (SSSR count). The number of hydrogen-bond donors (Lipinski definition) is 0. The summed E-state index contributed by atoms with van der Waals surface area (Å²) >= 11 is 0. The van der Waals surface area contributed by atoms with Gasteiger partial charge in [0.05, 0.1) is 12.5 Å². The number of hydrogen-bond acceptors (Lipinski definition) is 3. The minimum atomic E-state index is -0.442. The van der Waals surface area contributed by atoms with Crippen molar-refractivity contribution in [3.63, 3.8) is 0 Å². The van der Waals surface area contributed by atoms with E-state index in [1.165, 1.54) is 7.11 Å². The first-order valence-corrected chi connectivity index (χ1v) is 4.13. The van der Waals surface area contributed by atoms with Crippen molar-refractivity contribution in [1.82, 2.24) is 0 Å². The first-order chi connectivity index (χ1) is 8.75. The third kappa shape index (κ3) is 4.71. The number of rotatable bonds is 1. The summed E-state index contributed by atoms with van der Waals surface area (Å²) in [7, 11) is 1.48. The maximum absolute atomic E-state index is 11.0.